The number of rotatable bonds is 3. The van der Waals surface area contributed by atoms with Gasteiger partial charge in [0.05, 0.1) is 6.04 Å². The van der Waals surface area contributed by atoms with Crippen molar-refractivity contribution in [2.24, 2.45) is 4.99 Å². The normalized spacial score (nSPS) is 27.7. The van der Waals surface area contributed by atoms with E-state index in [4.69, 9.17) is 4.99 Å². The molecule has 2 saturated carbocycles. The van der Waals surface area contributed by atoms with E-state index in [-0.39, 0.29) is 29.5 Å². The Balaban J connectivity index is 0.00000192. The van der Waals surface area contributed by atoms with E-state index in [0.29, 0.717) is 12.1 Å². The first kappa shape index (κ1) is 19.1. The fraction of sp³-hybridized carbons (Fsp3) is 0.842. The summed E-state index contributed by atoms with van der Waals surface area (Å²) in [4.78, 5) is 5.02. The highest BCUT2D eigenvalue weighted by Gasteiger charge is 2.27. The van der Waals surface area contributed by atoms with E-state index in [0.717, 1.165) is 12.3 Å². The van der Waals surface area contributed by atoms with Crippen molar-refractivity contribution in [1.82, 2.24) is 10.6 Å². The van der Waals surface area contributed by atoms with Crippen LogP contribution >= 0.6 is 24.0 Å². The van der Waals surface area contributed by atoms with Gasteiger partial charge in [0, 0.05) is 23.7 Å². The van der Waals surface area contributed by atoms with Crippen LogP contribution in [0.15, 0.2) is 16.8 Å². The lowest BCUT2D eigenvalue weighted by Gasteiger charge is -2.36. The second kappa shape index (κ2) is 8.72. The number of hydrogen-bond acceptors (Lipinski definition) is 2. The summed E-state index contributed by atoms with van der Waals surface area (Å²) in [5, 5.41) is 7.46. The van der Waals surface area contributed by atoms with Crippen LogP contribution in [0, 0.1) is 0 Å². The maximum Gasteiger partial charge on any atom is 0.123 e. The molecule has 3 nitrogen and oxygen atoms in total. The largest absolute Gasteiger partial charge is 0.385 e. The van der Waals surface area contributed by atoms with Gasteiger partial charge in [-0.3, -0.25) is 4.99 Å². The number of amidine groups is 1. The molecular weight excluding hydrogens is 397 g/mol. The van der Waals surface area contributed by atoms with Gasteiger partial charge in [-0.15, -0.1) is 24.0 Å². The fourth-order valence-corrected chi connectivity index (χ4v) is 4.20. The summed E-state index contributed by atoms with van der Waals surface area (Å²) in [6.45, 7) is 4.58. The van der Waals surface area contributed by atoms with Gasteiger partial charge in [0.1, 0.15) is 5.84 Å². The van der Waals surface area contributed by atoms with Crippen molar-refractivity contribution in [3.63, 3.8) is 0 Å². The summed E-state index contributed by atoms with van der Waals surface area (Å²) in [6, 6.07) is 1.22. The lowest BCUT2D eigenvalue weighted by molar-refractivity contribution is 0.369. The van der Waals surface area contributed by atoms with E-state index >= 15 is 0 Å². The lowest BCUT2D eigenvalue weighted by atomic mass is 9.91. The van der Waals surface area contributed by atoms with Crippen LogP contribution < -0.4 is 10.6 Å². The van der Waals surface area contributed by atoms with Crippen molar-refractivity contribution in [2.45, 2.75) is 102 Å². The highest BCUT2D eigenvalue weighted by Crippen LogP contribution is 2.25. The van der Waals surface area contributed by atoms with Gasteiger partial charge in [-0.1, -0.05) is 38.5 Å². The molecule has 4 heteroatoms. The number of hydrogen-bond donors (Lipinski definition) is 2. The molecule has 1 aliphatic heterocycles. The van der Waals surface area contributed by atoms with E-state index in [1.807, 2.05) is 0 Å². The third-order valence-corrected chi connectivity index (χ3v) is 5.30. The SMILES string of the molecule is CC1(C)CC(NC2CCCCC2)=CC(=NC2CCCCC2)N1.I. The molecule has 2 aliphatic carbocycles. The summed E-state index contributed by atoms with van der Waals surface area (Å²) in [5.41, 5.74) is 1.50. The topological polar surface area (TPSA) is 36.4 Å². The lowest BCUT2D eigenvalue weighted by Crippen LogP contribution is -2.49. The van der Waals surface area contributed by atoms with Crippen LogP contribution in [-0.4, -0.2) is 23.5 Å². The Hall–Kier alpha value is -0.260. The molecule has 1 heterocycles. The maximum atomic E-state index is 5.02. The number of nitrogens with zero attached hydrogens (tertiary/aromatic N) is 1. The van der Waals surface area contributed by atoms with E-state index in [2.05, 4.69) is 30.6 Å². The highest BCUT2D eigenvalue weighted by atomic mass is 127. The van der Waals surface area contributed by atoms with Crippen LogP contribution in [0.1, 0.15) is 84.5 Å². The Morgan fingerprint density at radius 2 is 1.61 bits per heavy atom. The molecule has 0 amide bonds. The summed E-state index contributed by atoms with van der Waals surface area (Å²) < 4.78 is 0. The molecule has 2 fully saturated rings. The fourth-order valence-electron chi connectivity index (χ4n) is 4.20. The smallest absolute Gasteiger partial charge is 0.123 e. The molecular formula is C19H34IN3. The predicted molar refractivity (Wildman–Crippen MR) is 110 cm³/mol. The van der Waals surface area contributed by atoms with E-state index in [1.54, 1.807) is 0 Å². The molecule has 0 spiro atoms. The molecule has 3 aliphatic rings. The molecule has 0 radical (unpaired) electrons. The molecule has 0 unspecified atom stereocenters. The Kier molecular flexibility index (Phi) is 7.23. The van der Waals surface area contributed by atoms with Crippen LogP contribution in [0.4, 0.5) is 0 Å². The van der Waals surface area contributed by atoms with Gasteiger partial charge in [0.25, 0.3) is 0 Å². The van der Waals surface area contributed by atoms with Crippen LogP contribution in [0.2, 0.25) is 0 Å². The van der Waals surface area contributed by atoms with E-state index in [1.165, 1.54) is 69.9 Å². The Bertz CT molecular complexity index is 430. The molecule has 2 N–H and O–H groups in total. The van der Waals surface area contributed by atoms with Crippen molar-refractivity contribution in [2.75, 3.05) is 0 Å². The van der Waals surface area contributed by atoms with E-state index in [9.17, 15) is 0 Å². The van der Waals surface area contributed by atoms with Crippen LogP contribution in [0.5, 0.6) is 0 Å². The molecule has 0 saturated heterocycles. The van der Waals surface area contributed by atoms with Crippen molar-refractivity contribution in [3.05, 3.63) is 11.8 Å². The van der Waals surface area contributed by atoms with Gasteiger partial charge in [0.15, 0.2) is 0 Å². The van der Waals surface area contributed by atoms with Crippen LogP contribution in [0.25, 0.3) is 0 Å². The third-order valence-electron chi connectivity index (χ3n) is 5.30. The quantitative estimate of drug-likeness (QED) is 0.623. The monoisotopic (exact) mass is 431 g/mol. The summed E-state index contributed by atoms with van der Waals surface area (Å²) in [5.74, 6) is 1.11. The second-order valence-electron chi connectivity index (χ2n) is 8.14. The van der Waals surface area contributed by atoms with Crippen LogP contribution in [-0.2, 0) is 0 Å². The molecule has 0 aromatic rings. The number of halogens is 1. The zero-order valence-corrected chi connectivity index (χ0v) is 17.2. The third kappa shape index (κ3) is 5.95. The standard InChI is InChI=1S/C19H33N3.HI/c1-19(2)14-17(20-15-9-5-3-6-10-15)13-18(22-19)21-16-11-7-4-8-12-16;/h13,15-16,20H,3-12,14H2,1-2H3,(H,21,22);1H. The maximum absolute atomic E-state index is 5.02. The van der Waals surface area contributed by atoms with E-state index < -0.39 is 0 Å². The summed E-state index contributed by atoms with van der Waals surface area (Å²) in [6.07, 6.45) is 16.8. The molecule has 0 bridgehead atoms. The second-order valence-corrected chi connectivity index (χ2v) is 8.14. The number of aliphatic imine (C=N–C) groups is 1. The van der Waals surface area contributed by atoms with Gasteiger partial charge in [-0.05, 0) is 45.6 Å². The zero-order chi connectivity index (χ0) is 15.4. The molecule has 132 valence electrons. The highest BCUT2D eigenvalue weighted by molar-refractivity contribution is 14.0. The minimum atomic E-state index is 0. The zero-order valence-electron chi connectivity index (χ0n) is 14.9. The number of nitrogens with one attached hydrogen (secondary N) is 2. The van der Waals surface area contributed by atoms with Crippen molar-refractivity contribution < 1.29 is 0 Å². The van der Waals surface area contributed by atoms with Crippen molar-refractivity contribution in [3.8, 4) is 0 Å². The van der Waals surface area contributed by atoms with Gasteiger partial charge >= 0.3 is 0 Å². The van der Waals surface area contributed by atoms with Gasteiger partial charge < -0.3 is 10.6 Å². The van der Waals surface area contributed by atoms with Crippen molar-refractivity contribution in [1.29, 1.82) is 0 Å². The Morgan fingerprint density at radius 3 is 2.26 bits per heavy atom. The Morgan fingerprint density at radius 1 is 1.00 bits per heavy atom. The average molecular weight is 431 g/mol. The Labute approximate surface area is 159 Å². The summed E-state index contributed by atoms with van der Waals surface area (Å²) >= 11 is 0. The first-order chi connectivity index (χ1) is 10.6. The van der Waals surface area contributed by atoms with Crippen LogP contribution in [0.3, 0.4) is 0 Å². The molecule has 23 heavy (non-hydrogen) atoms. The van der Waals surface area contributed by atoms with Crippen molar-refractivity contribution >= 4 is 29.8 Å². The minimum absolute atomic E-state index is 0. The molecule has 0 aromatic carbocycles. The molecule has 0 aromatic heterocycles. The first-order valence-electron chi connectivity index (χ1n) is 9.44. The van der Waals surface area contributed by atoms with Gasteiger partial charge in [-0.25, -0.2) is 0 Å². The summed E-state index contributed by atoms with van der Waals surface area (Å²) in [7, 11) is 0. The first-order valence-corrected chi connectivity index (χ1v) is 9.44. The van der Waals surface area contributed by atoms with Gasteiger partial charge in [-0.2, -0.15) is 0 Å². The molecule has 3 rings (SSSR count). The molecule has 0 atom stereocenters. The van der Waals surface area contributed by atoms with Gasteiger partial charge in [0.2, 0.25) is 0 Å². The minimum Gasteiger partial charge on any atom is -0.385 e. The predicted octanol–water partition coefficient (Wildman–Crippen LogP) is 4.91. The average Bonchev–Trinajstić information content (AvgIpc) is 2.47.